The van der Waals surface area contributed by atoms with Gasteiger partial charge in [-0.2, -0.15) is 4.31 Å². The number of aromatic nitrogens is 1. The number of sulfonamides is 1. The summed E-state index contributed by atoms with van der Waals surface area (Å²) >= 11 is 0. The average molecular weight is 540 g/mol. The molecule has 1 aromatic heterocycles. The minimum absolute atomic E-state index is 0.0331. The van der Waals surface area contributed by atoms with Crippen LogP contribution in [0.5, 0.6) is 5.75 Å². The summed E-state index contributed by atoms with van der Waals surface area (Å²) in [7, 11) is -3.72. The fraction of sp³-hybridized carbons (Fsp3) is 0.393. The summed E-state index contributed by atoms with van der Waals surface area (Å²) in [6.45, 7) is 4.87. The van der Waals surface area contributed by atoms with Gasteiger partial charge in [0.2, 0.25) is 15.9 Å². The number of hydrogen-bond donors (Lipinski definition) is 2. The monoisotopic (exact) mass is 539 g/mol. The van der Waals surface area contributed by atoms with E-state index in [1.807, 2.05) is 44.2 Å². The number of amides is 1. The lowest BCUT2D eigenvalue weighted by molar-refractivity contribution is -0.130. The normalized spacial score (nSPS) is 15.3. The third-order valence-electron chi connectivity index (χ3n) is 6.93. The number of rotatable bonds is 10. The number of carboxylic acids is 1. The van der Waals surface area contributed by atoms with Crippen molar-refractivity contribution in [3.8, 4) is 5.75 Å². The van der Waals surface area contributed by atoms with E-state index in [1.165, 1.54) is 28.6 Å². The van der Waals surface area contributed by atoms with Gasteiger partial charge in [-0.3, -0.25) is 9.78 Å². The fourth-order valence-corrected chi connectivity index (χ4v) is 5.97. The minimum Gasteiger partial charge on any atom is -0.494 e. The number of carboxylic acid groups (broad SMARTS) is 1. The standard InChI is InChI=1S/C28H33N3O6S/c1-28(2,14-4-18-37-23-8-11-25-21(19-23)5-3-15-29-25)27(34)30-22-12-16-31(17-13-22)38(35,36)24-9-6-20(7-10-24)26(32)33/h3,5-11,15,19,22H,4,12-14,16-18H2,1-2H3,(H,30,34)(H,32,33). The van der Waals surface area contributed by atoms with E-state index < -0.39 is 21.4 Å². The molecule has 202 valence electrons. The molecular weight excluding hydrogens is 506 g/mol. The number of piperidine rings is 1. The van der Waals surface area contributed by atoms with Crippen LogP contribution in [0.2, 0.25) is 0 Å². The van der Waals surface area contributed by atoms with Crippen molar-refractivity contribution in [2.24, 2.45) is 5.41 Å². The maximum absolute atomic E-state index is 13.0. The summed E-state index contributed by atoms with van der Waals surface area (Å²) in [4.78, 5) is 28.4. The molecule has 0 unspecified atom stereocenters. The minimum atomic E-state index is -3.72. The Hall–Kier alpha value is -3.50. The number of benzene rings is 2. The van der Waals surface area contributed by atoms with E-state index >= 15 is 0 Å². The third-order valence-corrected chi connectivity index (χ3v) is 8.85. The Morgan fingerprint density at radius 2 is 1.82 bits per heavy atom. The van der Waals surface area contributed by atoms with Gasteiger partial charge in [-0.15, -0.1) is 0 Å². The van der Waals surface area contributed by atoms with Crippen LogP contribution in [0, 0.1) is 5.41 Å². The first-order valence-corrected chi connectivity index (χ1v) is 14.1. The number of carbonyl (C=O) groups excluding carboxylic acids is 1. The first kappa shape index (κ1) is 27.5. The highest BCUT2D eigenvalue weighted by molar-refractivity contribution is 7.89. The van der Waals surface area contributed by atoms with Crippen molar-refractivity contribution in [2.45, 2.75) is 50.5 Å². The van der Waals surface area contributed by atoms with Crippen molar-refractivity contribution in [3.05, 3.63) is 66.4 Å². The second kappa shape index (κ2) is 11.5. The summed E-state index contributed by atoms with van der Waals surface area (Å²) in [5, 5.41) is 13.1. The molecule has 1 aliphatic rings. The Bertz CT molecular complexity index is 1400. The Kier molecular flexibility index (Phi) is 8.32. The van der Waals surface area contributed by atoms with Crippen LogP contribution in [0.25, 0.3) is 10.9 Å². The second-order valence-electron chi connectivity index (χ2n) is 10.2. The largest absolute Gasteiger partial charge is 0.494 e. The maximum atomic E-state index is 13.0. The van der Waals surface area contributed by atoms with Gasteiger partial charge in [0.1, 0.15) is 5.75 Å². The van der Waals surface area contributed by atoms with E-state index in [0.717, 1.165) is 16.7 Å². The van der Waals surface area contributed by atoms with Gasteiger partial charge >= 0.3 is 5.97 Å². The predicted octanol–water partition coefficient (Wildman–Crippen LogP) is 4.09. The zero-order valence-corrected chi connectivity index (χ0v) is 22.4. The van der Waals surface area contributed by atoms with E-state index in [1.54, 1.807) is 6.20 Å². The summed E-state index contributed by atoms with van der Waals surface area (Å²) in [6.07, 6.45) is 4.13. The summed E-state index contributed by atoms with van der Waals surface area (Å²) in [6, 6.07) is 14.7. The molecule has 0 radical (unpaired) electrons. The first-order valence-electron chi connectivity index (χ1n) is 12.7. The van der Waals surface area contributed by atoms with Crippen LogP contribution < -0.4 is 10.1 Å². The average Bonchev–Trinajstić information content (AvgIpc) is 2.91. The van der Waals surface area contributed by atoms with E-state index in [0.29, 0.717) is 32.3 Å². The molecule has 0 bridgehead atoms. The molecule has 1 fully saturated rings. The van der Waals surface area contributed by atoms with Gasteiger partial charge in [0.25, 0.3) is 0 Å². The molecule has 0 saturated carbocycles. The first-order chi connectivity index (χ1) is 18.1. The van der Waals surface area contributed by atoms with Crippen LogP contribution in [-0.2, 0) is 14.8 Å². The molecule has 0 spiro atoms. The molecule has 38 heavy (non-hydrogen) atoms. The smallest absolute Gasteiger partial charge is 0.335 e. The number of ether oxygens (including phenoxy) is 1. The summed E-state index contributed by atoms with van der Waals surface area (Å²) < 4.78 is 33.2. The highest BCUT2D eigenvalue weighted by Crippen LogP contribution is 2.26. The van der Waals surface area contributed by atoms with E-state index in [9.17, 15) is 18.0 Å². The number of nitrogens with one attached hydrogen (secondary N) is 1. The Labute approximate surface area is 222 Å². The van der Waals surface area contributed by atoms with Crippen LogP contribution in [-0.4, -0.2) is 60.4 Å². The number of nitrogens with zero attached hydrogens (tertiary/aromatic N) is 2. The lowest BCUT2D eigenvalue weighted by Gasteiger charge is -2.33. The van der Waals surface area contributed by atoms with Gasteiger partial charge in [0.05, 0.1) is 22.6 Å². The number of pyridine rings is 1. The number of carbonyl (C=O) groups is 2. The third kappa shape index (κ3) is 6.49. The van der Waals surface area contributed by atoms with E-state index in [2.05, 4.69) is 10.3 Å². The van der Waals surface area contributed by atoms with Crippen LogP contribution in [0.15, 0.2) is 65.7 Å². The lowest BCUT2D eigenvalue weighted by Crippen LogP contribution is -2.49. The van der Waals surface area contributed by atoms with Crippen molar-refractivity contribution in [3.63, 3.8) is 0 Å². The Morgan fingerprint density at radius 1 is 1.11 bits per heavy atom. The molecule has 2 heterocycles. The number of fused-ring (bicyclic) bond motifs is 1. The zero-order valence-electron chi connectivity index (χ0n) is 21.6. The van der Waals surface area contributed by atoms with Gasteiger partial charge in [0, 0.05) is 36.1 Å². The SMILES string of the molecule is CC(C)(CCCOc1ccc2ncccc2c1)C(=O)NC1CCN(S(=O)(=O)c2ccc(C(=O)O)cc2)CC1. The number of aromatic carboxylic acids is 1. The predicted molar refractivity (Wildman–Crippen MR) is 144 cm³/mol. The molecule has 2 aromatic carbocycles. The van der Waals surface area contributed by atoms with Crippen molar-refractivity contribution in [2.75, 3.05) is 19.7 Å². The molecule has 1 amide bonds. The molecule has 3 aromatic rings. The molecule has 1 aliphatic heterocycles. The molecule has 1 saturated heterocycles. The van der Waals surface area contributed by atoms with Gasteiger partial charge < -0.3 is 15.2 Å². The van der Waals surface area contributed by atoms with Gasteiger partial charge in [-0.1, -0.05) is 19.9 Å². The van der Waals surface area contributed by atoms with Crippen LogP contribution in [0.4, 0.5) is 0 Å². The summed E-state index contributed by atoms with van der Waals surface area (Å²) in [5.41, 5.74) is 0.354. The van der Waals surface area contributed by atoms with Crippen molar-refractivity contribution in [1.82, 2.24) is 14.6 Å². The zero-order chi connectivity index (χ0) is 27.3. The highest BCUT2D eigenvalue weighted by atomic mass is 32.2. The molecule has 0 atom stereocenters. The Balaban J connectivity index is 1.22. The van der Waals surface area contributed by atoms with Crippen LogP contribution >= 0.6 is 0 Å². The van der Waals surface area contributed by atoms with Crippen molar-refractivity contribution in [1.29, 1.82) is 0 Å². The van der Waals surface area contributed by atoms with Crippen molar-refractivity contribution >= 4 is 32.8 Å². The molecule has 0 aliphatic carbocycles. The van der Waals surface area contributed by atoms with Gasteiger partial charge in [-0.05, 0) is 74.2 Å². The molecule has 4 rings (SSSR count). The van der Waals surface area contributed by atoms with Gasteiger partial charge in [0.15, 0.2) is 0 Å². The van der Waals surface area contributed by atoms with E-state index in [4.69, 9.17) is 9.84 Å². The summed E-state index contributed by atoms with van der Waals surface area (Å²) in [5.74, 6) is -0.393. The topological polar surface area (TPSA) is 126 Å². The Morgan fingerprint density at radius 3 is 2.50 bits per heavy atom. The van der Waals surface area contributed by atoms with E-state index in [-0.39, 0.29) is 35.5 Å². The van der Waals surface area contributed by atoms with Crippen LogP contribution in [0.3, 0.4) is 0 Å². The molecule has 2 N–H and O–H groups in total. The molecule has 9 nitrogen and oxygen atoms in total. The number of hydrogen-bond acceptors (Lipinski definition) is 6. The molecular formula is C28H33N3O6S. The van der Waals surface area contributed by atoms with Crippen molar-refractivity contribution < 1.29 is 27.9 Å². The van der Waals surface area contributed by atoms with Crippen LogP contribution in [0.1, 0.15) is 49.9 Å². The fourth-order valence-electron chi connectivity index (χ4n) is 4.50. The highest BCUT2D eigenvalue weighted by Gasteiger charge is 2.33. The lowest BCUT2D eigenvalue weighted by atomic mass is 9.86. The van der Waals surface area contributed by atoms with Gasteiger partial charge in [-0.25, -0.2) is 13.2 Å². The second-order valence-corrected chi connectivity index (χ2v) is 12.1. The quantitative estimate of drug-likeness (QED) is 0.372. The molecule has 10 heteroatoms. The maximum Gasteiger partial charge on any atom is 0.335 e.